The molecule has 5 nitrogen and oxygen atoms in total. The first-order valence-electron chi connectivity index (χ1n) is 6.17. The van der Waals surface area contributed by atoms with Crippen LogP contribution in [0.4, 0.5) is 0 Å². The number of aliphatic hydroxyl groups excluding tert-OH is 2. The molecule has 1 amide bonds. The van der Waals surface area contributed by atoms with E-state index in [1.54, 1.807) is 0 Å². The van der Waals surface area contributed by atoms with Crippen molar-refractivity contribution in [2.75, 3.05) is 26.3 Å². The van der Waals surface area contributed by atoms with Gasteiger partial charge in [0.2, 0.25) is 5.91 Å². The summed E-state index contributed by atoms with van der Waals surface area (Å²) >= 11 is 0. The Kier molecular flexibility index (Phi) is 4.91. The van der Waals surface area contributed by atoms with E-state index in [0.29, 0.717) is 19.1 Å². The molecule has 0 aliphatic carbocycles. The summed E-state index contributed by atoms with van der Waals surface area (Å²) in [5.41, 5.74) is 4.82. The standard InChI is InChI=1S/C12H24N2O3/c1-9-3-4-10(11(13)17)5-14(9)6-12(2,7-15)8-16/h9-10,15-16H,3-8H2,1-2H3,(H2,13,17). The highest BCUT2D eigenvalue weighted by Crippen LogP contribution is 2.26. The summed E-state index contributed by atoms with van der Waals surface area (Å²) in [5, 5.41) is 18.6. The van der Waals surface area contributed by atoms with Crippen LogP contribution in [0.25, 0.3) is 0 Å². The van der Waals surface area contributed by atoms with Gasteiger partial charge in [0.1, 0.15) is 0 Å². The van der Waals surface area contributed by atoms with Gasteiger partial charge in [-0.05, 0) is 19.8 Å². The van der Waals surface area contributed by atoms with Crippen LogP contribution >= 0.6 is 0 Å². The molecular formula is C12H24N2O3. The molecule has 0 radical (unpaired) electrons. The maximum atomic E-state index is 11.2. The number of aliphatic hydroxyl groups is 2. The SMILES string of the molecule is CC1CCC(C(N)=O)CN1CC(C)(CO)CO. The van der Waals surface area contributed by atoms with E-state index in [-0.39, 0.29) is 25.0 Å². The maximum Gasteiger partial charge on any atom is 0.221 e. The molecule has 1 rings (SSSR count). The number of primary amides is 1. The second-order valence-corrected chi connectivity index (χ2v) is 5.58. The fourth-order valence-electron chi connectivity index (χ4n) is 2.27. The Morgan fingerprint density at radius 1 is 1.41 bits per heavy atom. The highest BCUT2D eigenvalue weighted by Gasteiger charge is 2.33. The lowest BCUT2D eigenvalue weighted by atomic mass is 9.87. The molecule has 0 bridgehead atoms. The zero-order chi connectivity index (χ0) is 13.1. The first-order chi connectivity index (χ1) is 7.91. The summed E-state index contributed by atoms with van der Waals surface area (Å²) in [7, 11) is 0. The van der Waals surface area contributed by atoms with Crippen LogP contribution in [0.3, 0.4) is 0 Å². The highest BCUT2D eigenvalue weighted by atomic mass is 16.3. The van der Waals surface area contributed by atoms with Crippen molar-refractivity contribution >= 4 is 5.91 Å². The number of carbonyl (C=O) groups excluding carboxylic acids is 1. The summed E-state index contributed by atoms with van der Waals surface area (Å²) in [5.74, 6) is -0.357. The van der Waals surface area contributed by atoms with Crippen LogP contribution < -0.4 is 5.73 Å². The lowest BCUT2D eigenvalue weighted by molar-refractivity contribution is -0.124. The third-order valence-corrected chi connectivity index (χ3v) is 3.76. The molecule has 0 aromatic heterocycles. The molecule has 1 aliphatic heterocycles. The molecule has 2 unspecified atom stereocenters. The van der Waals surface area contributed by atoms with Gasteiger partial charge in [0, 0.05) is 24.5 Å². The Balaban J connectivity index is 2.64. The van der Waals surface area contributed by atoms with Gasteiger partial charge in [-0.25, -0.2) is 0 Å². The quantitative estimate of drug-likeness (QED) is 0.612. The molecule has 17 heavy (non-hydrogen) atoms. The lowest BCUT2D eigenvalue weighted by Gasteiger charge is -2.41. The average molecular weight is 244 g/mol. The molecule has 0 aromatic rings. The van der Waals surface area contributed by atoms with Crippen molar-refractivity contribution in [1.82, 2.24) is 4.90 Å². The van der Waals surface area contributed by atoms with Crippen LogP contribution in [0.15, 0.2) is 0 Å². The van der Waals surface area contributed by atoms with E-state index >= 15 is 0 Å². The molecule has 100 valence electrons. The second kappa shape index (κ2) is 5.80. The number of rotatable bonds is 5. The van der Waals surface area contributed by atoms with E-state index in [9.17, 15) is 15.0 Å². The van der Waals surface area contributed by atoms with Gasteiger partial charge >= 0.3 is 0 Å². The zero-order valence-corrected chi connectivity index (χ0v) is 10.7. The van der Waals surface area contributed by atoms with E-state index < -0.39 is 5.41 Å². The van der Waals surface area contributed by atoms with Gasteiger partial charge in [0.15, 0.2) is 0 Å². The fourth-order valence-corrected chi connectivity index (χ4v) is 2.27. The van der Waals surface area contributed by atoms with Gasteiger partial charge in [0.05, 0.1) is 19.1 Å². The number of amides is 1. The molecular weight excluding hydrogens is 220 g/mol. The molecule has 0 saturated carbocycles. The first kappa shape index (κ1) is 14.4. The molecule has 0 spiro atoms. The number of nitrogens with zero attached hydrogens (tertiary/aromatic N) is 1. The van der Waals surface area contributed by atoms with Crippen molar-refractivity contribution in [3.05, 3.63) is 0 Å². The Hall–Kier alpha value is -0.650. The Morgan fingerprint density at radius 2 is 2.00 bits per heavy atom. The van der Waals surface area contributed by atoms with Gasteiger partial charge in [-0.1, -0.05) is 6.92 Å². The molecule has 1 fully saturated rings. The van der Waals surface area contributed by atoms with E-state index in [2.05, 4.69) is 11.8 Å². The summed E-state index contributed by atoms with van der Waals surface area (Å²) < 4.78 is 0. The third-order valence-electron chi connectivity index (χ3n) is 3.76. The molecule has 1 saturated heterocycles. The first-order valence-corrected chi connectivity index (χ1v) is 6.17. The van der Waals surface area contributed by atoms with E-state index in [1.165, 1.54) is 0 Å². The predicted molar refractivity (Wildman–Crippen MR) is 65.2 cm³/mol. The van der Waals surface area contributed by atoms with Gasteiger partial charge in [-0.15, -0.1) is 0 Å². The Morgan fingerprint density at radius 3 is 2.47 bits per heavy atom. The van der Waals surface area contributed by atoms with Crippen molar-refractivity contribution in [3.63, 3.8) is 0 Å². The van der Waals surface area contributed by atoms with Crippen molar-refractivity contribution < 1.29 is 15.0 Å². The number of nitrogens with two attached hydrogens (primary N) is 1. The normalized spacial score (nSPS) is 27.1. The second-order valence-electron chi connectivity index (χ2n) is 5.58. The maximum absolute atomic E-state index is 11.2. The molecule has 1 aliphatic rings. The molecule has 2 atom stereocenters. The van der Waals surface area contributed by atoms with Gasteiger partial charge < -0.3 is 15.9 Å². The topological polar surface area (TPSA) is 86.8 Å². The van der Waals surface area contributed by atoms with Crippen LogP contribution in [0.5, 0.6) is 0 Å². The van der Waals surface area contributed by atoms with Gasteiger partial charge in [-0.2, -0.15) is 0 Å². The third kappa shape index (κ3) is 3.66. The van der Waals surface area contributed by atoms with Crippen LogP contribution in [0, 0.1) is 11.3 Å². The predicted octanol–water partition coefficient (Wildman–Crippen LogP) is -0.437. The monoisotopic (exact) mass is 244 g/mol. The Bertz CT molecular complexity index is 266. The number of hydrogen-bond acceptors (Lipinski definition) is 4. The van der Waals surface area contributed by atoms with E-state index in [4.69, 9.17) is 5.73 Å². The molecule has 0 aromatic carbocycles. The highest BCUT2D eigenvalue weighted by molar-refractivity contribution is 5.76. The number of carbonyl (C=O) groups is 1. The van der Waals surface area contributed by atoms with Crippen molar-refractivity contribution in [3.8, 4) is 0 Å². The van der Waals surface area contributed by atoms with Crippen molar-refractivity contribution in [1.29, 1.82) is 0 Å². The van der Waals surface area contributed by atoms with E-state index in [1.807, 2.05) is 6.92 Å². The average Bonchev–Trinajstić information content (AvgIpc) is 2.31. The molecule has 1 heterocycles. The van der Waals surface area contributed by atoms with Gasteiger partial charge in [-0.3, -0.25) is 9.69 Å². The fraction of sp³-hybridized carbons (Fsp3) is 0.917. The van der Waals surface area contributed by atoms with E-state index in [0.717, 1.165) is 12.8 Å². The van der Waals surface area contributed by atoms with Crippen molar-refractivity contribution in [2.24, 2.45) is 17.1 Å². The van der Waals surface area contributed by atoms with Crippen molar-refractivity contribution in [2.45, 2.75) is 32.7 Å². The minimum Gasteiger partial charge on any atom is -0.396 e. The van der Waals surface area contributed by atoms with Crippen LogP contribution in [-0.2, 0) is 4.79 Å². The summed E-state index contributed by atoms with van der Waals surface area (Å²) in [6.07, 6.45) is 1.77. The van der Waals surface area contributed by atoms with Gasteiger partial charge in [0.25, 0.3) is 0 Å². The van der Waals surface area contributed by atoms with Crippen LogP contribution in [0.1, 0.15) is 26.7 Å². The summed E-state index contributed by atoms with van der Waals surface area (Å²) in [6.45, 7) is 5.04. The van der Waals surface area contributed by atoms with Crippen LogP contribution in [0.2, 0.25) is 0 Å². The number of hydrogen-bond donors (Lipinski definition) is 3. The lowest BCUT2D eigenvalue weighted by Crippen LogP contribution is -2.51. The summed E-state index contributed by atoms with van der Waals surface area (Å²) in [6, 6.07) is 0.364. The number of piperidine rings is 1. The minimum absolute atomic E-state index is 0.0615. The Labute approximate surface area is 103 Å². The summed E-state index contributed by atoms with van der Waals surface area (Å²) in [4.78, 5) is 13.4. The smallest absolute Gasteiger partial charge is 0.221 e. The zero-order valence-electron chi connectivity index (χ0n) is 10.7. The van der Waals surface area contributed by atoms with Crippen LogP contribution in [-0.4, -0.2) is 53.4 Å². The molecule has 5 heteroatoms. The molecule has 4 N–H and O–H groups in total. The largest absolute Gasteiger partial charge is 0.396 e. The number of likely N-dealkylation sites (tertiary alicyclic amines) is 1. The minimum atomic E-state index is -0.520.